The Kier molecular flexibility index (Phi) is 5.77. The molecule has 0 bridgehead atoms. The van der Waals surface area contributed by atoms with Crippen molar-refractivity contribution in [1.29, 1.82) is 0 Å². The first-order valence-electron chi connectivity index (χ1n) is 10.2. The number of rotatable bonds is 7. The molecule has 0 aliphatic heterocycles. The molecule has 0 unspecified atom stereocenters. The fraction of sp³-hybridized carbons (Fsp3) is 0.0833. The van der Waals surface area contributed by atoms with Gasteiger partial charge in [-0.25, -0.2) is 0 Å². The number of thioether (sulfide) groups is 1. The molecule has 5 aromatic rings. The molecular weight excluding hydrogens is 436 g/mol. The van der Waals surface area contributed by atoms with Crippen molar-refractivity contribution in [2.45, 2.75) is 5.16 Å². The van der Waals surface area contributed by atoms with E-state index in [0.29, 0.717) is 16.7 Å². The van der Waals surface area contributed by atoms with Crippen LogP contribution in [0.4, 0.5) is 5.69 Å². The Morgan fingerprint density at radius 2 is 1.94 bits per heavy atom. The van der Waals surface area contributed by atoms with Crippen molar-refractivity contribution in [3.05, 3.63) is 79.0 Å². The molecule has 2 aromatic heterocycles. The molecule has 8 nitrogen and oxygen atoms in total. The summed E-state index contributed by atoms with van der Waals surface area (Å²) in [5.41, 5.74) is 3.36. The average molecular weight is 457 g/mol. The van der Waals surface area contributed by atoms with E-state index in [9.17, 15) is 4.79 Å². The van der Waals surface area contributed by atoms with Gasteiger partial charge >= 0.3 is 0 Å². The van der Waals surface area contributed by atoms with Crippen LogP contribution < -0.4 is 10.1 Å². The van der Waals surface area contributed by atoms with Crippen molar-refractivity contribution in [3.63, 3.8) is 0 Å². The number of amides is 1. The summed E-state index contributed by atoms with van der Waals surface area (Å²) in [6.45, 7) is 0. The van der Waals surface area contributed by atoms with Gasteiger partial charge in [0.25, 0.3) is 0 Å². The highest BCUT2D eigenvalue weighted by Crippen LogP contribution is 2.29. The number of para-hydroxylation sites is 1. The molecule has 3 aromatic carbocycles. The largest absolute Gasteiger partial charge is 0.497 e. The minimum Gasteiger partial charge on any atom is -0.497 e. The van der Waals surface area contributed by atoms with E-state index in [1.54, 1.807) is 13.3 Å². The number of ether oxygens (including phenoxy) is 1. The first-order chi connectivity index (χ1) is 16.2. The number of aromatic amines is 1. The van der Waals surface area contributed by atoms with Crippen LogP contribution in [0, 0.1) is 0 Å². The number of fused-ring (bicyclic) bond motifs is 1. The van der Waals surface area contributed by atoms with Gasteiger partial charge in [-0.2, -0.15) is 5.10 Å². The van der Waals surface area contributed by atoms with Crippen LogP contribution in [0.2, 0.25) is 0 Å². The summed E-state index contributed by atoms with van der Waals surface area (Å²) >= 11 is 1.33. The van der Waals surface area contributed by atoms with Crippen LogP contribution >= 0.6 is 11.8 Å². The Balaban J connectivity index is 1.39. The van der Waals surface area contributed by atoms with Crippen LogP contribution in [0.15, 0.2) is 84.1 Å². The Labute approximate surface area is 194 Å². The highest BCUT2D eigenvalue weighted by atomic mass is 32.2. The summed E-state index contributed by atoms with van der Waals surface area (Å²) in [6.07, 6.45) is 1.74. The number of carbonyl (C=O) groups is 1. The maximum Gasteiger partial charge on any atom is 0.234 e. The highest BCUT2D eigenvalue weighted by molar-refractivity contribution is 7.99. The number of hydrogen-bond donors (Lipinski definition) is 2. The van der Waals surface area contributed by atoms with Crippen LogP contribution in [-0.2, 0) is 4.79 Å². The average Bonchev–Trinajstić information content (AvgIpc) is 3.50. The normalized spacial score (nSPS) is 10.9. The minimum atomic E-state index is -0.135. The summed E-state index contributed by atoms with van der Waals surface area (Å²) in [7, 11) is 1.63. The molecule has 33 heavy (non-hydrogen) atoms. The van der Waals surface area contributed by atoms with E-state index >= 15 is 0 Å². The predicted octanol–water partition coefficient (Wildman–Crippen LogP) is 4.55. The van der Waals surface area contributed by atoms with Crippen LogP contribution in [-0.4, -0.2) is 43.7 Å². The second-order valence-corrected chi connectivity index (χ2v) is 8.16. The zero-order valence-electron chi connectivity index (χ0n) is 17.7. The molecule has 0 aliphatic rings. The van der Waals surface area contributed by atoms with Crippen LogP contribution in [0.25, 0.3) is 28.0 Å². The highest BCUT2D eigenvalue weighted by Gasteiger charge is 2.18. The van der Waals surface area contributed by atoms with Crippen LogP contribution in [0.5, 0.6) is 5.75 Å². The maximum absolute atomic E-state index is 12.6. The van der Waals surface area contributed by atoms with Crippen molar-refractivity contribution in [3.8, 4) is 22.8 Å². The summed E-state index contributed by atoms with van der Waals surface area (Å²) in [6, 6.07) is 23.1. The van der Waals surface area contributed by atoms with Gasteiger partial charge in [-0.1, -0.05) is 42.1 Å². The molecule has 2 heterocycles. The summed E-state index contributed by atoms with van der Waals surface area (Å²) in [5.74, 6) is 1.46. The molecule has 0 saturated heterocycles. The molecule has 5 rings (SSSR count). The number of H-pyrrole nitrogens is 1. The molecule has 164 valence electrons. The number of carbonyl (C=O) groups excluding carboxylic acids is 1. The Morgan fingerprint density at radius 1 is 1.06 bits per heavy atom. The number of benzene rings is 3. The lowest BCUT2D eigenvalue weighted by Crippen LogP contribution is -2.14. The fourth-order valence-electron chi connectivity index (χ4n) is 3.46. The van der Waals surface area contributed by atoms with Crippen LogP contribution in [0.1, 0.15) is 0 Å². The molecule has 0 saturated carbocycles. The topological polar surface area (TPSA) is 97.7 Å². The monoisotopic (exact) mass is 456 g/mol. The molecular formula is C24H20N6O2S. The van der Waals surface area contributed by atoms with E-state index in [2.05, 4.69) is 25.7 Å². The van der Waals surface area contributed by atoms with Gasteiger partial charge in [-0.05, 0) is 42.5 Å². The molecule has 1 amide bonds. The zero-order chi connectivity index (χ0) is 22.6. The number of anilines is 1. The molecule has 0 atom stereocenters. The molecule has 0 radical (unpaired) electrons. The predicted molar refractivity (Wildman–Crippen MR) is 129 cm³/mol. The Morgan fingerprint density at radius 3 is 2.79 bits per heavy atom. The quantitative estimate of drug-likeness (QED) is 0.349. The van der Waals surface area contributed by atoms with E-state index in [0.717, 1.165) is 27.9 Å². The lowest BCUT2D eigenvalue weighted by molar-refractivity contribution is -0.113. The van der Waals surface area contributed by atoms with Crippen molar-refractivity contribution < 1.29 is 9.53 Å². The third-order valence-corrected chi connectivity index (χ3v) is 5.96. The number of aromatic nitrogens is 5. The second kappa shape index (κ2) is 9.17. The van der Waals surface area contributed by atoms with Gasteiger partial charge < -0.3 is 10.1 Å². The molecule has 0 fully saturated rings. The lowest BCUT2D eigenvalue weighted by Gasteiger charge is -2.11. The van der Waals surface area contributed by atoms with Gasteiger partial charge in [-0.3, -0.25) is 14.5 Å². The SMILES string of the molecule is COc1cccc(-c2nnc(SCC(=O)Nc3ccc4cn[nH]c4c3)n2-c2ccccc2)c1. The van der Waals surface area contributed by atoms with E-state index in [4.69, 9.17) is 4.74 Å². The van der Waals surface area contributed by atoms with Gasteiger partial charge in [-0.15, -0.1) is 10.2 Å². The second-order valence-electron chi connectivity index (χ2n) is 7.22. The van der Waals surface area contributed by atoms with Crippen molar-refractivity contribution in [1.82, 2.24) is 25.0 Å². The number of methoxy groups -OCH3 is 1. The molecule has 0 spiro atoms. The Hall–Kier alpha value is -4.11. The maximum atomic E-state index is 12.6. The number of nitrogens with one attached hydrogen (secondary N) is 2. The van der Waals surface area contributed by atoms with Gasteiger partial charge in [0, 0.05) is 22.3 Å². The van der Waals surface area contributed by atoms with Gasteiger partial charge in [0.1, 0.15) is 5.75 Å². The minimum absolute atomic E-state index is 0.135. The van der Waals surface area contributed by atoms with Crippen molar-refractivity contribution >= 4 is 34.3 Å². The first kappa shape index (κ1) is 20.8. The van der Waals surface area contributed by atoms with Gasteiger partial charge in [0.2, 0.25) is 5.91 Å². The molecule has 0 aliphatic carbocycles. The van der Waals surface area contributed by atoms with Gasteiger partial charge in [0.15, 0.2) is 11.0 Å². The lowest BCUT2D eigenvalue weighted by atomic mass is 10.2. The number of nitrogens with zero attached hydrogens (tertiary/aromatic N) is 4. The smallest absolute Gasteiger partial charge is 0.234 e. The molecule has 2 N–H and O–H groups in total. The molecule has 9 heteroatoms. The van der Waals surface area contributed by atoms with E-state index in [1.807, 2.05) is 77.4 Å². The zero-order valence-corrected chi connectivity index (χ0v) is 18.5. The van der Waals surface area contributed by atoms with Gasteiger partial charge in [0.05, 0.1) is 24.6 Å². The number of hydrogen-bond acceptors (Lipinski definition) is 6. The van der Waals surface area contributed by atoms with Crippen molar-refractivity contribution in [2.75, 3.05) is 18.2 Å². The first-order valence-corrected chi connectivity index (χ1v) is 11.2. The summed E-state index contributed by atoms with van der Waals surface area (Å²) in [5, 5.41) is 20.3. The Bertz CT molecular complexity index is 1410. The summed E-state index contributed by atoms with van der Waals surface area (Å²) < 4.78 is 7.31. The van der Waals surface area contributed by atoms with Crippen LogP contribution in [0.3, 0.4) is 0 Å². The van der Waals surface area contributed by atoms with E-state index < -0.39 is 0 Å². The third-order valence-electron chi connectivity index (χ3n) is 5.03. The third kappa shape index (κ3) is 4.44. The van der Waals surface area contributed by atoms with E-state index in [-0.39, 0.29) is 11.7 Å². The van der Waals surface area contributed by atoms with E-state index in [1.165, 1.54) is 11.8 Å². The van der Waals surface area contributed by atoms with Crippen molar-refractivity contribution in [2.24, 2.45) is 0 Å². The summed E-state index contributed by atoms with van der Waals surface area (Å²) in [4.78, 5) is 12.6. The standard InChI is InChI=1S/C24H20N6O2S/c1-32-20-9-5-6-16(12-20)23-28-29-24(30(23)19-7-3-2-4-8-19)33-15-22(31)26-18-11-10-17-14-25-27-21(17)13-18/h2-14H,15H2,1H3,(H,25,27)(H,26,31). The fourth-order valence-corrected chi connectivity index (χ4v) is 4.22.